The molecule has 0 saturated heterocycles. The van der Waals surface area contributed by atoms with Crippen molar-refractivity contribution in [3.63, 3.8) is 0 Å². The van der Waals surface area contributed by atoms with E-state index in [0.717, 1.165) is 0 Å². The topological polar surface area (TPSA) is 29.1 Å². The van der Waals surface area contributed by atoms with E-state index in [1.165, 1.54) is 0 Å². The van der Waals surface area contributed by atoms with Crippen molar-refractivity contribution in [2.24, 2.45) is 5.92 Å². The van der Waals surface area contributed by atoms with Crippen molar-refractivity contribution in [2.45, 2.75) is 32.1 Å². The second-order valence-electron chi connectivity index (χ2n) is 3.07. The van der Waals surface area contributed by atoms with Crippen LogP contribution in [0.25, 0.3) is 0 Å². The highest BCUT2D eigenvalue weighted by atomic mass is 32.1. The van der Waals surface area contributed by atoms with Crippen LogP contribution in [-0.2, 0) is 4.79 Å². The highest BCUT2D eigenvalue weighted by Crippen LogP contribution is 2.01. The van der Waals surface area contributed by atoms with Crippen molar-refractivity contribution in [1.82, 2.24) is 5.32 Å². The SMILES string of the molecule is C#CC(NC(=O)C(C)S)C(C)C. The summed E-state index contributed by atoms with van der Waals surface area (Å²) >= 11 is 3.99. The van der Waals surface area contributed by atoms with Gasteiger partial charge in [0.05, 0.1) is 11.3 Å². The van der Waals surface area contributed by atoms with Crippen molar-refractivity contribution in [1.29, 1.82) is 0 Å². The third-order valence-electron chi connectivity index (χ3n) is 1.52. The van der Waals surface area contributed by atoms with Crippen molar-refractivity contribution < 1.29 is 4.79 Å². The summed E-state index contributed by atoms with van der Waals surface area (Å²) in [6.07, 6.45) is 5.23. The lowest BCUT2D eigenvalue weighted by atomic mass is 10.1. The summed E-state index contributed by atoms with van der Waals surface area (Å²) in [7, 11) is 0. The van der Waals surface area contributed by atoms with Crippen LogP contribution in [0.5, 0.6) is 0 Å². The molecule has 0 aliphatic carbocycles. The van der Waals surface area contributed by atoms with Gasteiger partial charge in [0.25, 0.3) is 0 Å². The Bertz CT molecular complexity index is 193. The molecule has 68 valence electrons. The van der Waals surface area contributed by atoms with Gasteiger partial charge in [-0.05, 0) is 12.8 Å². The van der Waals surface area contributed by atoms with E-state index >= 15 is 0 Å². The second-order valence-corrected chi connectivity index (χ2v) is 3.85. The molecule has 3 heteroatoms. The number of rotatable bonds is 3. The summed E-state index contributed by atoms with van der Waals surface area (Å²) in [5, 5.41) is 2.41. The minimum atomic E-state index is -0.306. The standard InChI is InChI=1S/C9H15NOS/c1-5-8(6(2)3)10-9(11)7(4)12/h1,6-8,12H,2-4H3,(H,10,11). The van der Waals surface area contributed by atoms with Crippen LogP contribution in [0.1, 0.15) is 20.8 Å². The van der Waals surface area contributed by atoms with Gasteiger partial charge >= 0.3 is 0 Å². The molecule has 0 aromatic carbocycles. The summed E-state index contributed by atoms with van der Waals surface area (Å²) in [6.45, 7) is 5.65. The van der Waals surface area contributed by atoms with Crippen molar-refractivity contribution >= 4 is 18.5 Å². The second kappa shape index (κ2) is 5.10. The third kappa shape index (κ3) is 3.68. The van der Waals surface area contributed by atoms with Gasteiger partial charge in [0.15, 0.2) is 0 Å². The summed E-state index contributed by atoms with van der Waals surface area (Å²) in [4.78, 5) is 11.1. The van der Waals surface area contributed by atoms with E-state index in [2.05, 4.69) is 23.9 Å². The van der Waals surface area contributed by atoms with E-state index in [9.17, 15) is 4.79 Å². The molecule has 12 heavy (non-hydrogen) atoms. The van der Waals surface area contributed by atoms with E-state index in [1.54, 1.807) is 6.92 Å². The van der Waals surface area contributed by atoms with Crippen LogP contribution in [0.15, 0.2) is 0 Å². The Balaban J connectivity index is 4.06. The van der Waals surface area contributed by atoms with Crippen LogP contribution in [0, 0.1) is 18.3 Å². The number of hydrogen-bond acceptors (Lipinski definition) is 2. The van der Waals surface area contributed by atoms with Crippen LogP contribution >= 0.6 is 12.6 Å². The van der Waals surface area contributed by atoms with Crippen LogP contribution < -0.4 is 5.32 Å². The number of carbonyl (C=O) groups is 1. The first-order valence-corrected chi connectivity index (χ1v) is 4.45. The average Bonchev–Trinajstić information content (AvgIpc) is 1.98. The maximum atomic E-state index is 11.1. The fourth-order valence-electron chi connectivity index (χ4n) is 0.675. The molecule has 0 aliphatic rings. The number of carbonyl (C=O) groups excluding carboxylic acids is 1. The molecule has 1 amide bonds. The Labute approximate surface area is 79.5 Å². The van der Waals surface area contributed by atoms with Gasteiger partial charge in [-0.25, -0.2) is 0 Å². The molecule has 0 saturated carbocycles. The van der Waals surface area contributed by atoms with Crippen LogP contribution in [0.3, 0.4) is 0 Å². The van der Waals surface area contributed by atoms with Crippen LogP contribution in [0.4, 0.5) is 0 Å². The number of thiol groups is 1. The molecule has 0 aromatic heterocycles. The quantitative estimate of drug-likeness (QED) is 0.500. The molecular weight excluding hydrogens is 170 g/mol. The van der Waals surface area contributed by atoms with Crippen LogP contribution in [0.2, 0.25) is 0 Å². The van der Waals surface area contributed by atoms with Crippen molar-refractivity contribution in [2.75, 3.05) is 0 Å². The summed E-state index contributed by atoms with van der Waals surface area (Å²) < 4.78 is 0. The Hall–Kier alpha value is -0.620. The average molecular weight is 185 g/mol. The minimum Gasteiger partial charge on any atom is -0.341 e. The van der Waals surface area contributed by atoms with E-state index in [1.807, 2.05) is 13.8 Å². The highest BCUT2D eigenvalue weighted by Gasteiger charge is 2.15. The maximum Gasteiger partial charge on any atom is 0.233 e. The smallest absolute Gasteiger partial charge is 0.233 e. The van der Waals surface area contributed by atoms with Gasteiger partial charge in [0.1, 0.15) is 0 Å². The molecule has 0 bridgehead atoms. The molecule has 0 fully saturated rings. The van der Waals surface area contributed by atoms with Gasteiger partial charge in [0.2, 0.25) is 5.91 Å². The monoisotopic (exact) mass is 185 g/mol. The Kier molecular flexibility index (Phi) is 4.84. The number of nitrogens with one attached hydrogen (secondary N) is 1. The first-order chi connectivity index (χ1) is 5.49. The molecule has 0 heterocycles. The van der Waals surface area contributed by atoms with E-state index in [4.69, 9.17) is 6.42 Å². The zero-order chi connectivity index (χ0) is 9.72. The lowest BCUT2D eigenvalue weighted by Gasteiger charge is -2.17. The molecule has 0 radical (unpaired) electrons. The molecule has 0 rings (SSSR count). The van der Waals surface area contributed by atoms with E-state index in [0.29, 0.717) is 0 Å². The molecule has 0 aromatic rings. The predicted octanol–water partition coefficient (Wildman–Crippen LogP) is 1.08. The molecule has 1 N–H and O–H groups in total. The zero-order valence-electron chi connectivity index (χ0n) is 7.66. The maximum absolute atomic E-state index is 11.1. The number of hydrogen-bond donors (Lipinski definition) is 2. The van der Waals surface area contributed by atoms with E-state index < -0.39 is 0 Å². The first-order valence-electron chi connectivity index (χ1n) is 3.93. The molecule has 2 nitrogen and oxygen atoms in total. The van der Waals surface area contributed by atoms with Gasteiger partial charge in [-0.2, -0.15) is 12.6 Å². The molecule has 2 unspecified atom stereocenters. The lowest BCUT2D eigenvalue weighted by molar-refractivity contribution is -0.120. The number of terminal acetylenes is 1. The van der Waals surface area contributed by atoms with Gasteiger partial charge in [-0.3, -0.25) is 4.79 Å². The van der Waals surface area contributed by atoms with Gasteiger partial charge in [-0.15, -0.1) is 6.42 Å². The van der Waals surface area contributed by atoms with Gasteiger partial charge in [0, 0.05) is 0 Å². The predicted molar refractivity (Wildman–Crippen MR) is 54.0 cm³/mol. The Morgan fingerprint density at radius 2 is 2.00 bits per heavy atom. The van der Waals surface area contributed by atoms with Gasteiger partial charge < -0.3 is 5.32 Å². The zero-order valence-corrected chi connectivity index (χ0v) is 8.56. The lowest BCUT2D eigenvalue weighted by Crippen LogP contribution is -2.40. The number of amides is 1. The van der Waals surface area contributed by atoms with Gasteiger partial charge in [-0.1, -0.05) is 19.8 Å². The molecular formula is C9H15NOS. The molecule has 0 aliphatic heterocycles. The third-order valence-corrected chi connectivity index (χ3v) is 1.76. The molecule has 0 spiro atoms. The summed E-state index contributed by atoms with van der Waals surface area (Å²) in [5.41, 5.74) is 0. The molecule has 2 atom stereocenters. The summed E-state index contributed by atoms with van der Waals surface area (Å²) in [5.74, 6) is 2.66. The first kappa shape index (κ1) is 11.4. The summed E-state index contributed by atoms with van der Waals surface area (Å²) in [6, 6.07) is -0.188. The Morgan fingerprint density at radius 1 is 1.50 bits per heavy atom. The fraction of sp³-hybridized carbons (Fsp3) is 0.667. The van der Waals surface area contributed by atoms with Crippen LogP contribution in [-0.4, -0.2) is 17.2 Å². The van der Waals surface area contributed by atoms with Crippen molar-refractivity contribution in [3.8, 4) is 12.3 Å². The normalized spacial score (nSPS) is 15.0. The van der Waals surface area contributed by atoms with E-state index in [-0.39, 0.29) is 23.1 Å². The minimum absolute atomic E-state index is 0.116. The largest absolute Gasteiger partial charge is 0.341 e. The van der Waals surface area contributed by atoms with Crippen molar-refractivity contribution in [3.05, 3.63) is 0 Å². The Morgan fingerprint density at radius 3 is 2.25 bits per heavy atom. The highest BCUT2D eigenvalue weighted by molar-refractivity contribution is 7.81. The fourth-order valence-corrected chi connectivity index (χ4v) is 0.749.